The maximum absolute atomic E-state index is 13.1. The van der Waals surface area contributed by atoms with Gasteiger partial charge in [0.1, 0.15) is 18.7 Å². The van der Waals surface area contributed by atoms with Crippen LogP contribution in [0.25, 0.3) is 0 Å². The van der Waals surface area contributed by atoms with Crippen LogP contribution in [0.15, 0.2) is 11.3 Å². The Labute approximate surface area is 245 Å². The van der Waals surface area contributed by atoms with Crippen LogP contribution in [0.1, 0.15) is 68.2 Å². The van der Waals surface area contributed by atoms with Gasteiger partial charge in [0.2, 0.25) is 5.79 Å². The van der Waals surface area contributed by atoms with E-state index in [1.54, 1.807) is 27.7 Å². The van der Waals surface area contributed by atoms with E-state index in [1.165, 1.54) is 7.11 Å². The van der Waals surface area contributed by atoms with Gasteiger partial charge in [-0.25, -0.2) is 4.79 Å². The van der Waals surface area contributed by atoms with Crippen molar-refractivity contribution >= 4 is 18.9 Å². The van der Waals surface area contributed by atoms with E-state index >= 15 is 0 Å². The molecule has 0 bridgehead atoms. The Bertz CT molecular complexity index is 1010. The van der Waals surface area contributed by atoms with Crippen LogP contribution < -0.4 is 0 Å². The number of hydrogen-bond acceptors (Lipinski definition) is 11. The zero-order valence-electron chi connectivity index (χ0n) is 26.6. The molecule has 0 spiro atoms. The molecule has 12 heteroatoms. The molecule has 0 amide bonds. The van der Waals surface area contributed by atoms with Crippen LogP contribution in [0.4, 0.5) is 0 Å². The predicted octanol–water partition coefficient (Wildman–Crippen LogP) is 3.56. The lowest BCUT2D eigenvalue weighted by molar-refractivity contribution is -0.284. The standard InChI is InChI=1S/C29H52NO10P/c1-17(23(33)14-41(35,15-31)16-32)13-29(8,36-11)25(20(4)24-21(5)26(34)40-28(6,7)39-24)38-27-19(3)22(30(9)10)12-18(2)37-27/h17-20,22,25,27,31-32H,12-16H2,1-11H3/t17-,18?,19?,20+,22?,25-,27+,29-/m1/s1. The van der Waals surface area contributed by atoms with E-state index < -0.39 is 67.6 Å². The molecular formula is C29H52NO10P. The highest BCUT2D eigenvalue weighted by molar-refractivity contribution is 7.64. The second-order valence-corrected chi connectivity index (χ2v) is 15.8. The van der Waals surface area contributed by atoms with Gasteiger partial charge in [0, 0.05) is 44.8 Å². The number of hydrogen-bond donors (Lipinski definition) is 2. The van der Waals surface area contributed by atoms with Crippen molar-refractivity contribution in [1.82, 2.24) is 4.90 Å². The summed E-state index contributed by atoms with van der Waals surface area (Å²) in [4.78, 5) is 28.0. The van der Waals surface area contributed by atoms with Crippen molar-refractivity contribution in [2.75, 3.05) is 40.1 Å². The highest BCUT2D eigenvalue weighted by Gasteiger charge is 2.49. The van der Waals surface area contributed by atoms with Gasteiger partial charge < -0.3 is 43.4 Å². The molecule has 0 aliphatic carbocycles. The normalized spacial score (nSPS) is 28.9. The van der Waals surface area contributed by atoms with Crippen molar-refractivity contribution in [2.24, 2.45) is 17.8 Å². The zero-order valence-corrected chi connectivity index (χ0v) is 27.5. The number of rotatable bonds is 14. The monoisotopic (exact) mass is 605 g/mol. The molecule has 2 heterocycles. The first-order valence-electron chi connectivity index (χ1n) is 14.3. The molecule has 2 aliphatic heterocycles. The molecule has 2 rings (SSSR count). The fourth-order valence-corrected chi connectivity index (χ4v) is 7.04. The van der Waals surface area contributed by atoms with Gasteiger partial charge in [-0.1, -0.05) is 20.8 Å². The molecule has 1 saturated heterocycles. The van der Waals surface area contributed by atoms with E-state index in [0.717, 1.165) is 6.42 Å². The summed E-state index contributed by atoms with van der Waals surface area (Å²) in [5.41, 5.74) is -0.784. The van der Waals surface area contributed by atoms with Crippen molar-refractivity contribution in [2.45, 2.75) is 104 Å². The molecule has 3 unspecified atom stereocenters. The summed E-state index contributed by atoms with van der Waals surface area (Å²) in [5, 5.41) is 19.0. The Morgan fingerprint density at radius 1 is 1.20 bits per heavy atom. The minimum Gasteiger partial charge on any atom is -0.456 e. The third-order valence-corrected chi connectivity index (χ3v) is 10.4. The van der Waals surface area contributed by atoms with Gasteiger partial charge in [0.15, 0.2) is 6.29 Å². The van der Waals surface area contributed by atoms with Crippen LogP contribution in [0.5, 0.6) is 0 Å². The molecule has 41 heavy (non-hydrogen) atoms. The summed E-state index contributed by atoms with van der Waals surface area (Å²) >= 11 is 0. The van der Waals surface area contributed by atoms with E-state index in [-0.39, 0.29) is 30.3 Å². The molecule has 238 valence electrons. The molecule has 0 saturated carbocycles. The average Bonchev–Trinajstić information content (AvgIpc) is 2.89. The minimum absolute atomic E-state index is 0.0141. The molecule has 2 aliphatic rings. The lowest BCUT2D eigenvalue weighted by Gasteiger charge is -2.48. The number of aliphatic hydroxyl groups is 2. The van der Waals surface area contributed by atoms with Gasteiger partial charge in [-0.05, 0) is 47.7 Å². The summed E-state index contributed by atoms with van der Waals surface area (Å²) in [6.07, 6.45) is -2.34. The Kier molecular flexibility index (Phi) is 12.2. The van der Waals surface area contributed by atoms with Gasteiger partial charge in [-0.2, -0.15) is 0 Å². The van der Waals surface area contributed by atoms with Gasteiger partial charge in [-0.15, -0.1) is 0 Å². The number of ether oxygens (including phenoxy) is 5. The van der Waals surface area contributed by atoms with Crippen LogP contribution in [-0.2, 0) is 37.8 Å². The summed E-state index contributed by atoms with van der Waals surface area (Å²) in [6.45, 7) is 14.5. The number of Topliss-reactive ketones (excluding diaryl/α,β-unsaturated/α-hetero) is 1. The smallest absolute Gasteiger partial charge is 0.340 e. The summed E-state index contributed by atoms with van der Waals surface area (Å²) in [5.74, 6) is -2.82. The second-order valence-electron chi connectivity index (χ2n) is 12.8. The van der Waals surface area contributed by atoms with Crippen molar-refractivity contribution in [3.8, 4) is 0 Å². The third-order valence-electron chi connectivity index (χ3n) is 8.45. The highest BCUT2D eigenvalue weighted by Crippen LogP contribution is 2.45. The van der Waals surface area contributed by atoms with Crippen LogP contribution >= 0.6 is 7.14 Å². The topological polar surface area (TPSA) is 141 Å². The molecular weight excluding hydrogens is 553 g/mol. The highest BCUT2D eigenvalue weighted by atomic mass is 31.2. The number of carbonyl (C=O) groups excluding carboxylic acids is 2. The Hall–Kier alpha value is -1.33. The Balaban J connectivity index is 2.53. The van der Waals surface area contributed by atoms with Crippen LogP contribution in [0.2, 0.25) is 0 Å². The zero-order chi connectivity index (χ0) is 31.5. The number of methoxy groups -OCH3 is 1. The molecule has 0 radical (unpaired) electrons. The number of aliphatic hydroxyl groups excluding tert-OH is 2. The molecule has 0 aromatic rings. The van der Waals surface area contributed by atoms with Gasteiger partial charge >= 0.3 is 5.97 Å². The number of carbonyl (C=O) groups is 2. The largest absolute Gasteiger partial charge is 0.456 e. The number of ketones is 1. The minimum atomic E-state index is -3.43. The molecule has 0 aromatic heterocycles. The number of esters is 1. The number of nitrogens with zero attached hydrogens (tertiary/aromatic N) is 1. The van der Waals surface area contributed by atoms with E-state index in [2.05, 4.69) is 11.8 Å². The fraction of sp³-hybridized carbons (Fsp3) is 0.862. The van der Waals surface area contributed by atoms with Crippen LogP contribution in [0.3, 0.4) is 0 Å². The Morgan fingerprint density at radius 3 is 2.29 bits per heavy atom. The first-order chi connectivity index (χ1) is 18.8. The van der Waals surface area contributed by atoms with Crippen molar-refractivity contribution in [3.05, 3.63) is 11.3 Å². The van der Waals surface area contributed by atoms with Crippen LogP contribution in [0, 0.1) is 17.8 Å². The second kappa shape index (κ2) is 14.0. The molecule has 11 nitrogen and oxygen atoms in total. The number of cyclic esters (lactones) is 1. The average molecular weight is 606 g/mol. The maximum atomic E-state index is 13.1. The van der Waals surface area contributed by atoms with Gasteiger partial charge in [0.05, 0.1) is 42.2 Å². The van der Waals surface area contributed by atoms with Crippen molar-refractivity contribution < 1.29 is 48.1 Å². The third kappa shape index (κ3) is 8.62. The van der Waals surface area contributed by atoms with Crippen molar-refractivity contribution in [3.63, 3.8) is 0 Å². The molecule has 2 N–H and O–H groups in total. The summed E-state index contributed by atoms with van der Waals surface area (Å²) in [7, 11) is 2.15. The van der Waals surface area contributed by atoms with E-state index in [0.29, 0.717) is 11.3 Å². The van der Waals surface area contributed by atoms with E-state index in [9.17, 15) is 24.4 Å². The van der Waals surface area contributed by atoms with Crippen LogP contribution in [-0.4, -0.2) is 103 Å². The predicted molar refractivity (Wildman–Crippen MR) is 154 cm³/mol. The Morgan fingerprint density at radius 2 is 1.78 bits per heavy atom. The SMILES string of the molecule is CO[C@](C)(C[C@@H](C)C(=O)CP(=O)(CO)CO)[C@H](O[C@@H]1OC(C)CC(N(C)C)C1C)[C@@H](C)C1=C(C)C(=O)OC(C)(C)O1. The quantitative estimate of drug-likeness (QED) is 0.222. The molecule has 0 aromatic carbocycles. The maximum Gasteiger partial charge on any atom is 0.340 e. The lowest BCUT2D eigenvalue weighted by atomic mass is 9.79. The van der Waals surface area contributed by atoms with Gasteiger partial charge in [0.25, 0.3) is 0 Å². The summed E-state index contributed by atoms with van der Waals surface area (Å²) < 4.78 is 43.4. The fourth-order valence-electron chi connectivity index (χ4n) is 5.87. The van der Waals surface area contributed by atoms with E-state index in [1.807, 2.05) is 34.9 Å². The van der Waals surface area contributed by atoms with Crippen molar-refractivity contribution in [1.29, 1.82) is 0 Å². The first kappa shape index (κ1) is 35.9. The van der Waals surface area contributed by atoms with E-state index in [4.69, 9.17) is 23.7 Å². The molecule has 8 atom stereocenters. The first-order valence-corrected chi connectivity index (χ1v) is 16.6. The van der Waals surface area contributed by atoms with Gasteiger partial charge in [-0.3, -0.25) is 4.79 Å². The summed E-state index contributed by atoms with van der Waals surface area (Å²) in [6, 6.07) is 0.195. The lowest BCUT2D eigenvalue weighted by Crippen LogP contribution is -2.56. The molecule has 1 fully saturated rings.